The fourth-order valence-corrected chi connectivity index (χ4v) is 2.45. The molecule has 0 heterocycles. The van der Waals surface area contributed by atoms with Crippen molar-refractivity contribution < 1.29 is 22.6 Å². The molecule has 9 heteroatoms. The van der Waals surface area contributed by atoms with Crippen molar-refractivity contribution in [1.82, 2.24) is 10.6 Å². The van der Waals surface area contributed by atoms with E-state index in [1.165, 1.54) is 12.1 Å². The molecule has 2 N–H and O–H groups in total. The predicted molar refractivity (Wildman–Crippen MR) is 118 cm³/mol. The van der Waals surface area contributed by atoms with E-state index in [1.54, 1.807) is 26.3 Å². The molecule has 160 valence electrons. The summed E-state index contributed by atoms with van der Waals surface area (Å²) in [6, 6.07) is 12.4. The van der Waals surface area contributed by atoms with E-state index in [0.29, 0.717) is 19.0 Å². The van der Waals surface area contributed by atoms with E-state index in [2.05, 4.69) is 15.6 Å². The Bertz CT molecular complexity index is 797. The van der Waals surface area contributed by atoms with Crippen LogP contribution < -0.4 is 20.1 Å². The van der Waals surface area contributed by atoms with Crippen LogP contribution in [-0.2, 0) is 13.1 Å². The molecule has 0 bridgehead atoms. The molecular formula is C20H25F3IN3O2. The van der Waals surface area contributed by atoms with Gasteiger partial charge in [0.25, 0.3) is 0 Å². The second-order valence-electron chi connectivity index (χ2n) is 6.14. The lowest BCUT2D eigenvalue weighted by atomic mass is 10.1. The summed E-state index contributed by atoms with van der Waals surface area (Å²) < 4.78 is 46.6. The summed E-state index contributed by atoms with van der Waals surface area (Å²) in [6.07, 6.45) is -4.35. The van der Waals surface area contributed by atoms with Crippen molar-refractivity contribution in [3.8, 4) is 11.5 Å². The number of hydrogen-bond acceptors (Lipinski definition) is 3. The van der Waals surface area contributed by atoms with Crippen molar-refractivity contribution >= 4 is 29.9 Å². The minimum atomic E-state index is -4.35. The van der Waals surface area contributed by atoms with Crippen LogP contribution in [0.5, 0.6) is 11.5 Å². The Kier molecular flexibility index (Phi) is 10.1. The highest BCUT2D eigenvalue weighted by atomic mass is 127. The van der Waals surface area contributed by atoms with Crippen LogP contribution in [0.2, 0.25) is 0 Å². The number of halogens is 4. The van der Waals surface area contributed by atoms with Gasteiger partial charge in [-0.05, 0) is 36.2 Å². The summed E-state index contributed by atoms with van der Waals surface area (Å²) in [6.45, 7) is 1.70. The molecule has 2 aromatic carbocycles. The number of guanidine groups is 1. The standard InChI is InChI=1S/C20H24F3N3O2.HI/c1-14-4-7-16(18(10-14)27-3)12-26-19(24-2)25-11-15-5-8-17(9-6-15)28-13-20(21,22)23;/h4-10H,11-13H2,1-3H3,(H2,24,25,26);1H. The Labute approximate surface area is 185 Å². The molecule has 0 amide bonds. The molecule has 0 unspecified atom stereocenters. The predicted octanol–water partition coefficient (Wildman–Crippen LogP) is 4.43. The minimum absolute atomic E-state index is 0. The Morgan fingerprint density at radius 2 is 1.69 bits per heavy atom. The van der Waals surface area contributed by atoms with E-state index in [9.17, 15) is 13.2 Å². The maximum absolute atomic E-state index is 12.2. The van der Waals surface area contributed by atoms with Crippen LogP contribution in [-0.4, -0.2) is 32.9 Å². The lowest BCUT2D eigenvalue weighted by Gasteiger charge is -2.14. The summed E-state index contributed by atoms with van der Waals surface area (Å²) in [5, 5.41) is 6.37. The van der Waals surface area contributed by atoms with Gasteiger partial charge in [0.1, 0.15) is 11.5 Å². The number of rotatable bonds is 7. The third kappa shape index (κ3) is 8.80. The number of aryl methyl sites for hydroxylation is 1. The normalized spacial score (nSPS) is 11.4. The van der Waals surface area contributed by atoms with E-state index in [0.717, 1.165) is 22.4 Å². The van der Waals surface area contributed by atoms with Crippen LogP contribution in [0.4, 0.5) is 13.2 Å². The molecule has 0 aliphatic carbocycles. The van der Waals surface area contributed by atoms with Gasteiger partial charge in [0.15, 0.2) is 12.6 Å². The highest BCUT2D eigenvalue weighted by Crippen LogP contribution is 2.20. The molecule has 0 aliphatic rings. The van der Waals surface area contributed by atoms with Crippen molar-refractivity contribution in [3.63, 3.8) is 0 Å². The maximum atomic E-state index is 12.2. The molecule has 0 fully saturated rings. The summed E-state index contributed by atoms with van der Waals surface area (Å²) in [5.74, 6) is 1.58. The third-order valence-electron chi connectivity index (χ3n) is 3.90. The average molecular weight is 523 g/mol. The smallest absolute Gasteiger partial charge is 0.422 e. The number of ether oxygens (including phenoxy) is 2. The van der Waals surface area contributed by atoms with Gasteiger partial charge in [-0.15, -0.1) is 24.0 Å². The van der Waals surface area contributed by atoms with Crippen molar-refractivity contribution in [1.29, 1.82) is 0 Å². The fraction of sp³-hybridized carbons (Fsp3) is 0.350. The summed E-state index contributed by atoms with van der Waals surface area (Å²) >= 11 is 0. The first-order chi connectivity index (χ1) is 13.3. The minimum Gasteiger partial charge on any atom is -0.496 e. The molecule has 29 heavy (non-hydrogen) atoms. The van der Waals surface area contributed by atoms with Crippen molar-refractivity contribution in [2.24, 2.45) is 4.99 Å². The van der Waals surface area contributed by atoms with Crippen LogP contribution in [0, 0.1) is 6.92 Å². The van der Waals surface area contributed by atoms with Crippen LogP contribution in [0.15, 0.2) is 47.5 Å². The highest BCUT2D eigenvalue weighted by molar-refractivity contribution is 14.0. The molecule has 0 aliphatic heterocycles. The van der Waals surface area contributed by atoms with E-state index >= 15 is 0 Å². The van der Waals surface area contributed by atoms with Crippen LogP contribution in [0.1, 0.15) is 16.7 Å². The first-order valence-electron chi connectivity index (χ1n) is 8.67. The first-order valence-corrected chi connectivity index (χ1v) is 8.67. The van der Waals surface area contributed by atoms with E-state index in [4.69, 9.17) is 9.47 Å². The van der Waals surface area contributed by atoms with Gasteiger partial charge < -0.3 is 20.1 Å². The second kappa shape index (κ2) is 11.7. The van der Waals surface area contributed by atoms with Crippen molar-refractivity contribution in [2.75, 3.05) is 20.8 Å². The van der Waals surface area contributed by atoms with Crippen molar-refractivity contribution in [2.45, 2.75) is 26.2 Å². The number of alkyl halides is 3. The topological polar surface area (TPSA) is 54.9 Å². The number of nitrogens with zero attached hydrogens (tertiary/aromatic N) is 1. The molecule has 2 rings (SSSR count). The number of methoxy groups -OCH3 is 1. The molecule has 5 nitrogen and oxygen atoms in total. The number of hydrogen-bond donors (Lipinski definition) is 2. The zero-order valence-corrected chi connectivity index (χ0v) is 18.8. The second-order valence-corrected chi connectivity index (χ2v) is 6.14. The zero-order chi connectivity index (χ0) is 20.6. The largest absolute Gasteiger partial charge is 0.496 e. The van der Waals surface area contributed by atoms with Crippen LogP contribution in [0.3, 0.4) is 0 Å². The number of aliphatic imine (C=N–C) groups is 1. The van der Waals surface area contributed by atoms with Gasteiger partial charge in [0.2, 0.25) is 0 Å². The lowest BCUT2D eigenvalue weighted by Crippen LogP contribution is -2.36. The summed E-state index contributed by atoms with van der Waals surface area (Å²) in [7, 11) is 3.29. The number of nitrogens with one attached hydrogen (secondary N) is 2. The van der Waals surface area contributed by atoms with Crippen molar-refractivity contribution in [3.05, 3.63) is 59.2 Å². The SMILES string of the molecule is CN=C(NCc1ccc(OCC(F)(F)F)cc1)NCc1ccc(C)cc1OC.I. The molecule has 0 saturated carbocycles. The molecule has 0 saturated heterocycles. The average Bonchev–Trinajstić information content (AvgIpc) is 2.67. The zero-order valence-electron chi connectivity index (χ0n) is 16.5. The molecule has 0 aromatic heterocycles. The van der Waals surface area contributed by atoms with Crippen LogP contribution in [0.25, 0.3) is 0 Å². The monoisotopic (exact) mass is 523 g/mol. The van der Waals surface area contributed by atoms with Gasteiger partial charge >= 0.3 is 6.18 Å². The van der Waals surface area contributed by atoms with Gasteiger partial charge in [0, 0.05) is 25.7 Å². The Morgan fingerprint density at radius 3 is 2.28 bits per heavy atom. The Balaban J connectivity index is 0.00000420. The Hall–Kier alpha value is -2.17. The molecular weight excluding hydrogens is 498 g/mol. The Morgan fingerprint density at radius 1 is 1.03 bits per heavy atom. The van der Waals surface area contributed by atoms with E-state index in [-0.39, 0.29) is 29.7 Å². The number of benzene rings is 2. The van der Waals surface area contributed by atoms with Gasteiger partial charge in [-0.1, -0.05) is 24.3 Å². The summed E-state index contributed by atoms with van der Waals surface area (Å²) in [4.78, 5) is 4.17. The quantitative estimate of drug-likeness (QED) is 0.321. The lowest BCUT2D eigenvalue weighted by molar-refractivity contribution is -0.153. The maximum Gasteiger partial charge on any atom is 0.422 e. The van der Waals surface area contributed by atoms with E-state index < -0.39 is 12.8 Å². The molecule has 0 radical (unpaired) electrons. The fourth-order valence-electron chi connectivity index (χ4n) is 2.45. The van der Waals surface area contributed by atoms with Gasteiger partial charge in [-0.3, -0.25) is 4.99 Å². The molecule has 2 aromatic rings. The van der Waals surface area contributed by atoms with Crippen LogP contribution >= 0.6 is 24.0 Å². The molecule has 0 atom stereocenters. The van der Waals surface area contributed by atoms with E-state index in [1.807, 2.05) is 25.1 Å². The van der Waals surface area contributed by atoms with Gasteiger partial charge in [0.05, 0.1) is 7.11 Å². The van der Waals surface area contributed by atoms with Gasteiger partial charge in [-0.2, -0.15) is 13.2 Å². The van der Waals surface area contributed by atoms with Gasteiger partial charge in [-0.25, -0.2) is 0 Å². The summed E-state index contributed by atoms with van der Waals surface area (Å²) in [5.41, 5.74) is 3.00. The highest BCUT2D eigenvalue weighted by Gasteiger charge is 2.28. The molecule has 0 spiro atoms. The third-order valence-corrected chi connectivity index (χ3v) is 3.90. The first kappa shape index (κ1) is 24.9.